The van der Waals surface area contributed by atoms with Gasteiger partial charge in [-0.1, -0.05) is 25.1 Å². The van der Waals surface area contributed by atoms with Crippen LogP contribution in [0.1, 0.15) is 46.5 Å². The van der Waals surface area contributed by atoms with E-state index in [1.807, 2.05) is 45.0 Å². The van der Waals surface area contributed by atoms with Crippen LogP contribution in [0.2, 0.25) is 0 Å². The number of carbonyl (C=O) groups is 2. The Hall–Kier alpha value is -2.62. The Morgan fingerprint density at radius 1 is 0.957 bits per heavy atom. The summed E-state index contributed by atoms with van der Waals surface area (Å²) in [4.78, 5) is 24.3. The van der Waals surface area contributed by atoms with Crippen molar-refractivity contribution >= 4 is 17.5 Å². The molecule has 0 fully saturated rings. The van der Waals surface area contributed by atoms with Crippen molar-refractivity contribution in [2.75, 3.05) is 5.32 Å². The highest BCUT2D eigenvalue weighted by Gasteiger charge is 2.11. The molecule has 0 bridgehead atoms. The van der Waals surface area contributed by atoms with E-state index in [9.17, 15) is 9.59 Å². The second-order valence-electron chi connectivity index (χ2n) is 5.63. The van der Waals surface area contributed by atoms with Gasteiger partial charge in [-0.15, -0.1) is 0 Å². The van der Waals surface area contributed by atoms with Gasteiger partial charge in [0.2, 0.25) is 0 Å². The summed E-state index contributed by atoms with van der Waals surface area (Å²) in [5, 5.41) is 5.78. The van der Waals surface area contributed by atoms with Crippen molar-refractivity contribution in [1.82, 2.24) is 5.32 Å². The lowest BCUT2D eigenvalue weighted by Crippen LogP contribution is -2.31. The summed E-state index contributed by atoms with van der Waals surface area (Å²) in [6.07, 6.45) is 0.878. The topological polar surface area (TPSA) is 58.2 Å². The lowest BCUT2D eigenvalue weighted by atomic mass is 10.1. The van der Waals surface area contributed by atoms with Crippen LogP contribution in [0.25, 0.3) is 0 Å². The molecule has 1 atom stereocenters. The molecular weight excluding hydrogens is 288 g/mol. The fraction of sp³-hybridized carbons (Fsp3) is 0.263. The lowest BCUT2D eigenvalue weighted by Gasteiger charge is -2.12. The van der Waals surface area contributed by atoms with Crippen LogP contribution in [0.4, 0.5) is 5.69 Å². The molecular formula is C19H22N2O2. The second kappa shape index (κ2) is 7.58. The molecule has 0 spiro atoms. The number of amides is 2. The van der Waals surface area contributed by atoms with Crippen LogP contribution >= 0.6 is 0 Å². The summed E-state index contributed by atoms with van der Waals surface area (Å²) in [6, 6.07) is 14.4. The van der Waals surface area contributed by atoms with Gasteiger partial charge in [0.1, 0.15) is 0 Å². The molecule has 1 unspecified atom stereocenters. The van der Waals surface area contributed by atoms with E-state index in [4.69, 9.17) is 0 Å². The summed E-state index contributed by atoms with van der Waals surface area (Å²) < 4.78 is 0. The van der Waals surface area contributed by atoms with Crippen molar-refractivity contribution in [1.29, 1.82) is 0 Å². The Balaban J connectivity index is 2.06. The van der Waals surface area contributed by atoms with Crippen LogP contribution in [0, 0.1) is 6.92 Å². The highest BCUT2D eigenvalue weighted by atomic mass is 16.2. The van der Waals surface area contributed by atoms with Gasteiger partial charge in [0, 0.05) is 22.9 Å². The maximum atomic E-state index is 12.3. The summed E-state index contributed by atoms with van der Waals surface area (Å²) in [5.41, 5.74) is 2.87. The van der Waals surface area contributed by atoms with Crippen molar-refractivity contribution in [3.8, 4) is 0 Å². The lowest BCUT2D eigenvalue weighted by molar-refractivity contribution is 0.0937. The summed E-state index contributed by atoms with van der Waals surface area (Å²) in [5.74, 6) is -0.307. The largest absolute Gasteiger partial charge is 0.350 e. The van der Waals surface area contributed by atoms with Crippen LogP contribution < -0.4 is 10.6 Å². The number of aryl methyl sites for hydroxylation is 1. The average Bonchev–Trinajstić information content (AvgIpc) is 2.56. The molecule has 0 saturated heterocycles. The minimum absolute atomic E-state index is 0.120. The molecule has 2 aromatic rings. The molecule has 0 aliphatic carbocycles. The van der Waals surface area contributed by atoms with Gasteiger partial charge in [0.15, 0.2) is 0 Å². The van der Waals surface area contributed by atoms with E-state index in [1.165, 1.54) is 0 Å². The summed E-state index contributed by atoms with van der Waals surface area (Å²) in [6.45, 7) is 5.92. The molecule has 4 heteroatoms. The molecule has 0 saturated carbocycles. The van der Waals surface area contributed by atoms with Crippen LogP contribution in [-0.4, -0.2) is 17.9 Å². The number of carbonyl (C=O) groups excluding carboxylic acids is 2. The Bertz CT molecular complexity index is 693. The number of anilines is 1. The van der Waals surface area contributed by atoms with Crippen LogP contribution in [0.5, 0.6) is 0 Å². The van der Waals surface area contributed by atoms with Gasteiger partial charge < -0.3 is 10.6 Å². The summed E-state index contributed by atoms with van der Waals surface area (Å²) in [7, 11) is 0. The Kier molecular flexibility index (Phi) is 5.52. The third-order valence-electron chi connectivity index (χ3n) is 3.79. The number of benzene rings is 2. The molecule has 4 nitrogen and oxygen atoms in total. The van der Waals surface area contributed by atoms with E-state index in [1.54, 1.807) is 24.3 Å². The molecule has 120 valence electrons. The van der Waals surface area contributed by atoms with Crippen LogP contribution in [0.15, 0.2) is 48.5 Å². The van der Waals surface area contributed by atoms with E-state index in [0.29, 0.717) is 11.1 Å². The van der Waals surface area contributed by atoms with E-state index >= 15 is 0 Å². The number of para-hydroxylation sites is 1. The zero-order valence-corrected chi connectivity index (χ0v) is 13.7. The predicted octanol–water partition coefficient (Wildman–Crippen LogP) is 3.78. The first-order valence-electron chi connectivity index (χ1n) is 7.79. The van der Waals surface area contributed by atoms with Gasteiger partial charge in [0.25, 0.3) is 11.8 Å². The highest BCUT2D eigenvalue weighted by Crippen LogP contribution is 2.15. The zero-order chi connectivity index (χ0) is 16.8. The Morgan fingerprint density at radius 3 is 2.09 bits per heavy atom. The SMILES string of the molecule is CCC(C)NC(=O)c1ccc(C(=O)Nc2ccccc2C)cc1. The fourth-order valence-corrected chi connectivity index (χ4v) is 2.09. The van der Waals surface area contributed by atoms with Gasteiger partial charge in [0.05, 0.1) is 0 Å². The van der Waals surface area contributed by atoms with E-state index in [-0.39, 0.29) is 17.9 Å². The highest BCUT2D eigenvalue weighted by molar-refractivity contribution is 6.05. The second-order valence-corrected chi connectivity index (χ2v) is 5.63. The molecule has 2 N–H and O–H groups in total. The van der Waals surface area contributed by atoms with Gasteiger partial charge in [-0.05, 0) is 56.2 Å². The number of hydrogen-bond acceptors (Lipinski definition) is 2. The van der Waals surface area contributed by atoms with Crippen LogP contribution in [0.3, 0.4) is 0 Å². The maximum Gasteiger partial charge on any atom is 0.255 e. The van der Waals surface area contributed by atoms with Gasteiger partial charge in [-0.3, -0.25) is 9.59 Å². The van der Waals surface area contributed by atoms with Crippen molar-refractivity contribution in [2.45, 2.75) is 33.2 Å². The molecule has 0 aliphatic rings. The monoisotopic (exact) mass is 310 g/mol. The normalized spacial score (nSPS) is 11.6. The van der Waals surface area contributed by atoms with E-state index in [0.717, 1.165) is 17.7 Å². The molecule has 2 rings (SSSR count). The third kappa shape index (κ3) is 4.42. The minimum atomic E-state index is -0.187. The molecule has 0 heterocycles. The quantitative estimate of drug-likeness (QED) is 0.883. The number of rotatable bonds is 5. The standard InChI is InChI=1S/C19H22N2O2/c1-4-14(3)20-18(22)15-9-11-16(12-10-15)19(23)21-17-8-6-5-7-13(17)2/h5-12,14H,4H2,1-3H3,(H,20,22)(H,21,23). The molecule has 0 radical (unpaired) electrons. The first kappa shape index (κ1) is 16.7. The number of nitrogens with one attached hydrogen (secondary N) is 2. The van der Waals surface area contributed by atoms with Crippen LogP contribution in [-0.2, 0) is 0 Å². The third-order valence-corrected chi connectivity index (χ3v) is 3.79. The van der Waals surface area contributed by atoms with Gasteiger partial charge >= 0.3 is 0 Å². The van der Waals surface area contributed by atoms with Crippen molar-refractivity contribution in [2.24, 2.45) is 0 Å². The van der Waals surface area contributed by atoms with E-state index in [2.05, 4.69) is 10.6 Å². The summed E-state index contributed by atoms with van der Waals surface area (Å²) >= 11 is 0. The first-order valence-corrected chi connectivity index (χ1v) is 7.79. The van der Waals surface area contributed by atoms with Gasteiger partial charge in [-0.2, -0.15) is 0 Å². The Morgan fingerprint density at radius 2 is 1.52 bits per heavy atom. The van der Waals surface area contributed by atoms with E-state index < -0.39 is 0 Å². The number of hydrogen-bond donors (Lipinski definition) is 2. The van der Waals surface area contributed by atoms with Crippen molar-refractivity contribution in [3.63, 3.8) is 0 Å². The first-order chi connectivity index (χ1) is 11.0. The average molecular weight is 310 g/mol. The smallest absolute Gasteiger partial charge is 0.255 e. The van der Waals surface area contributed by atoms with Crippen molar-refractivity contribution < 1.29 is 9.59 Å². The fourth-order valence-electron chi connectivity index (χ4n) is 2.09. The zero-order valence-electron chi connectivity index (χ0n) is 13.7. The van der Waals surface area contributed by atoms with Crippen molar-refractivity contribution in [3.05, 3.63) is 65.2 Å². The van der Waals surface area contributed by atoms with Gasteiger partial charge in [-0.25, -0.2) is 0 Å². The molecule has 23 heavy (non-hydrogen) atoms. The molecule has 0 aliphatic heterocycles. The predicted molar refractivity (Wildman–Crippen MR) is 92.8 cm³/mol. The molecule has 0 aromatic heterocycles. The minimum Gasteiger partial charge on any atom is -0.350 e. The Labute approximate surface area is 136 Å². The molecule has 2 amide bonds. The maximum absolute atomic E-state index is 12.3. The molecule has 2 aromatic carbocycles.